The number of hydrogen-bond acceptors (Lipinski definition) is 3. The molecule has 0 spiro atoms. The van der Waals surface area contributed by atoms with Crippen LogP contribution in [0.2, 0.25) is 5.02 Å². The first-order valence-corrected chi connectivity index (χ1v) is 10.5. The van der Waals surface area contributed by atoms with Gasteiger partial charge in [-0.25, -0.2) is 0 Å². The molecule has 0 aromatic heterocycles. The Bertz CT molecular complexity index is 813. The van der Waals surface area contributed by atoms with Gasteiger partial charge in [-0.3, -0.25) is 9.69 Å². The maximum absolute atomic E-state index is 12.3. The number of carbonyl (C=O) groups is 1. The van der Waals surface area contributed by atoms with Crippen molar-refractivity contribution in [3.8, 4) is 0 Å². The summed E-state index contributed by atoms with van der Waals surface area (Å²) in [7, 11) is 2.24. The maximum atomic E-state index is 12.3. The number of carbonyl (C=O) groups excluding carboxylic acids is 1. The van der Waals surface area contributed by atoms with Crippen LogP contribution in [0.3, 0.4) is 0 Å². The Balaban J connectivity index is 1.27. The summed E-state index contributed by atoms with van der Waals surface area (Å²) in [6, 6.07) is 19.0. The highest BCUT2D eigenvalue weighted by Crippen LogP contribution is 2.43. The fourth-order valence-corrected chi connectivity index (χ4v) is 5.07. The molecule has 2 aromatic rings. The van der Waals surface area contributed by atoms with Crippen molar-refractivity contribution in [1.29, 1.82) is 0 Å². The largest absolute Gasteiger partial charge is 0.352 e. The standard InChI is InChI=1S/C23H28ClN3O/c1-26-14-19-15-27(16-20(19)23(26)17-7-3-2-4-8-17)12-11-22(28)25-13-18-9-5-6-10-21(18)24/h2-10,19-20,23H,11-16H2,1H3,(H,25,28)/t19-,20-,23-/m1/s1. The summed E-state index contributed by atoms with van der Waals surface area (Å²) in [4.78, 5) is 17.2. The van der Waals surface area contributed by atoms with Crippen LogP contribution in [-0.2, 0) is 11.3 Å². The number of benzene rings is 2. The highest BCUT2D eigenvalue weighted by atomic mass is 35.5. The second kappa shape index (κ2) is 8.64. The minimum Gasteiger partial charge on any atom is -0.352 e. The van der Waals surface area contributed by atoms with Crippen molar-refractivity contribution in [2.75, 3.05) is 33.2 Å². The molecular weight excluding hydrogens is 370 g/mol. The molecule has 0 aliphatic carbocycles. The number of halogens is 1. The first-order chi connectivity index (χ1) is 13.6. The summed E-state index contributed by atoms with van der Waals surface area (Å²) >= 11 is 6.16. The average Bonchev–Trinajstić information content (AvgIpc) is 3.22. The third kappa shape index (κ3) is 4.24. The molecule has 1 N–H and O–H groups in total. The van der Waals surface area contributed by atoms with Crippen LogP contribution < -0.4 is 5.32 Å². The van der Waals surface area contributed by atoms with Crippen molar-refractivity contribution < 1.29 is 4.79 Å². The molecule has 28 heavy (non-hydrogen) atoms. The number of nitrogens with one attached hydrogen (secondary N) is 1. The van der Waals surface area contributed by atoms with Crippen molar-refractivity contribution in [3.05, 3.63) is 70.7 Å². The lowest BCUT2D eigenvalue weighted by atomic mass is 9.90. The van der Waals surface area contributed by atoms with E-state index < -0.39 is 0 Å². The number of rotatable bonds is 6. The van der Waals surface area contributed by atoms with Gasteiger partial charge in [0.25, 0.3) is 0 Å². The van der Waals surface area contributed by atoms with E-state index in [1.807, 2.05) is 24.3 Å². The molecule has 3 atom stereocenters. The van der Waals surface area contributed by atoms with Crippen molar-refractivity contribution in [1.82, 2.24) is 15.1 Å². The molecule has 2 heterocycles. The number of fused-ring (bicyclic) bond motifs is 1. The van der Waals surface area contributed by atoms with Crippen LogP contribution >= 0.6 is 11.6 Å². The van der Waals surface area contributed by atoms with E-state index in [9.17, 15) is 4.79 Å². The normalized spacial score (nSPS) is 25.0. The molecular formula is C23H28ClN3O. The molecule has 4 rings (SSSR count). The average molecular weight is 398 g/mol. The number of hydrogen-bond donors (Lipinski definition) is 1. The van der Waals surface area contributed by atoms with Crippen LogP contribution in [0.1, 0.15) is 23.6 Å². The van der Waals surface area contributed by atoms with E-state index in [-0.39, 0.29) is 5.91 Å². The molecule has 1 amide bonds. The zero-order valence-corrected chi connectivity index (χ0v) is 17.1. The van der Waals surface area contributed by atoms with E-state index in [4.69, 9.17) is 11.6 Å². The van der Waals surface area contributed by atoms with Gasteiger partial charge < -0.3 is 10.2 Å². The molecule has 2 aromatic carbocycles. The van der Waals surface area contributed by atoms with Gasteiger partial charge in [-0.15, -0.1) is 0 Å². The Hall–Kier alpha value is -1.88. The second-order valence-corrected chi connectivity index (χ2v) is 8.50. The van der Waals surface area contributed by atoms with Crippen LogP contribution in [0.5, 0.6) is 0 Å². The van der Waals surface area contributed by atoms with Crippen LogP contribution in [0.15, 0.2) is 54.6 Å². The van der Waals surface area contributed by atoms with Crippen molar-refractivity contribution in [3.63, 3.8) is 0 Å². The summed E-state index contributed by atoms with van der Waals surface area (Å²) in [5.74, 6) is 1.44. The monoisotopic (exact) mass is 397 g/mol. The third-order valence-corrected chi connectivity index (χ3v) is 6.57. The van der Waals surface area contributed by atoms with Crippen LogP contribution in [0.4, 0.5) is 0 Å². The van der Waals surface area contributed by atoms with E-state index in [0.717, 1.165) is 31.7 Å². The molecule has 2 aliphatic heterocycles. The molecule has 0 radical (unpaired) electrons. The highest BCUT2D eigenvalue weighted by Gasteiger charge is 2.45. The van der Waals surface area contributed by atoms with Crippen LogP contribution in [-0.4, -0.2) is 48.9 Å². The Morgan fingerprint density at radius 2 is 1.82 bits per heavy atom. The zero-order valence-electron chi connectivity index (χ0n) is 16.4. The first-order valence-electron chi connectivity index (χ1n) is 10.1. The van der Waals surface area contributed by atoms with Gasteiger partial charge in [0, 0.05) is 50.2 Å². The highest BCUT2D eigenvalue weighted by molar-refractivity contribution is 6.31. The fourth-order valence-electron chi connectivity index (χ4n) is 4.87. The maximum Gasteiger partial charge on any atom is 0.221 e. The Kier molecular flexibility index (Phi) is 6.00. The summed E-state index contributed by atoms with van der Waals surface area (Å²) in [6.07, 6.45) is 0.537. The molecule has 4 nitrogen and oxygen atoms in total. The zero-order chi connectivity index (χ0) is 19.5. The lowest BCUT2D eigenvalue weighted by Crippen LogP contribution is -2.32. The summed E-state index contributed by atoms with van der Waals surface area (Å²) in [5, 5.41) is 3.70. The Labute approximate surface area is 172 Å². The lowest BCUT2D eigenvalue weighted by Gasteiger charge is -2.26. The summed E-state index contributed by atoms with van der Waals surface area (Å²) in [5.41, 5.74) is 2.37. The number of likely N-dealkylation sites (tertiary alicyclic amines) is 2. The quantitative estimate of drug-likeness (QED) is 0.809. The van der Waals surface area contributed by atoms with E-state index in [1.54, 1.807) is 0 Å². The molecule has 0 unspecified atom stereocenters. The first kappa shape index (κ1) is 19.4. The van der Waals surface area contributed by atoms with E-state index in [0.29, 0.717) is 35.9 Å². The van der Waals surface area contributed by atoms with E-state index in [1.165, 1.54) is 5.56 Å². The van der Waals surface area contributed by atoms with Crippen molar-refractivity contribution in [2.24, 2.45) is 11.8 Å². The molecule has 2 saturated heterocycles. The third-order valence-electron chi connectivity index (χ3n) is 6.20. The Morgan fingerprint density at radius 3 is 2.61 bits per heavy atom. The molecule has 148 valence electrons. The van der Waals surface area contributed by atoms with Gasteiger partial charge in [0.05, 0.1) is 0 Å². The van der Waals surface area contributed by atoms with Gasteiger partial charge in [-0.1, -0.05) is 60.1 Å². The summed E-state index contributed by atoms with van der Waals surface area (Å²) < 4.78 is 0. The number of nitrogens with zero attached hydrogens (tertiary/aromatic N) is 2. The minimum absolute atomic E-state index is 0.0914. The number of amides is 1. The predicted molar refractivity (Wildman–Crippen MR) is 113 cm³/mol. The molecule has 5 heteroatoms. The van der Waals surface area contributed by atoms with Crippen LogP contribution in [0, 0.1) is 11.8 Å². The molecule has 2 fully saturated rings. The van der Waals surface area contributed by atoms with Gasteiger partial charge >= 0.3 is 0 Å². The Morgan fingerprint density at radius 1 is 1.07 bits per heavy atom. The van der Waals surface area contributed by atoms with Gasteiger partial charge in [0.15, 0.2) is 0 Å². The molecule has 0 bridgehead atoms. The topological polar surface area (TPSA) is 35.6 Å². The van der Waals surface area contributed by atoms with Gasteiger partial charge in [0.1, 0.15) is 0 Å². The van der Waals surface area contributed by atoms with Crippen molar-refractivity contribution >= 4 is 17.5 Å². The van der Waals surface area contributed by atoms with Crippen LogP contribution in [0.25, 0.3) is 0 Å². The second-order valence-electron chi connectivity index (χ2n) is 8.10. The van der Waals surface area contributed by atoms with E-state index >= 15 is 0 Å². The van der Waals surface area contributed by atoms with Gasteiger partial charge in [0.2, 0.25) is 5.91 Å². The predicted octanol–water partition coefficient (Wildman–Crippen LogP) is 3.58. The SMILES string of the molecule is CN1C[C@@H]2CN(CCC(=O)NCc3ccccc3Cl)C[C@H]2[C@H]1c1ccccc1. The lowest BCUT2D eigenvalue weighted by molar-refractivity contribution is -0.121. The molecule has 0 saturated carbocycles. The smallest absolute Gasteiger partial charge is 0.221 e. The van der Waals surface area contributed by atoms with Gasteiger partial charge in [-0.05, 0) is 36.1 Å². The van der Waals surface area contributed by atoms with Crippen molar-refractivity contribution in [2.45, 2.75) is 19.0 Å². The van der Waals surface area contributed by atoms with E-state index in [2.05, 4.69) is 52.5 Å². The summed E-state index contributed by atoms with van der Waals surface area (Å²) in [6.45, 7) is 4.62. The minimum atomic E-state index is 0.0914. The fraction of sp³-hybridized carbons (Fsp3) is 0.435. The van der Waals surface area contributed by atoms with Gasteiger partial charge in [-0.2, -0.15) is 0 Å². The molecule has 2 aliphatic rings.